The molecule has 0 saturated heterocycles. The zero-order valence-corrected chi connectivity index (χ0v) is 13.6. The Labute approximate surface area is 144 Å². The highest BCUT2D eigenvalue weighted by molar-refractivity contribution is 5.94. The lowest BCUT2D eigenvalue weighted by atomic mass is 10.3. The molecule has 0 saturated carbocycles. The first kappa shape index (κ1) is 16.4. The van der Waals surface area contributed by atoms with Crippen LogP contribution in [0.2, 0.25) is 0 Å². The summed E-state index contributed by atoms with van der Waals surface area (Å²) in [4.78, 5) is 23.8. The van der Waals surface area contributed by atoms with E-state index in [9.17, 15) is 9.59 Å². The number of hydrogen-bond donors (Lipinski definition) is 3. The summed E-state index contributed by atoms with van der Waals surface area (Å²) >= 11 is 0. The predicted octanol–water partition coefficient (Wildman–Crippen LogP) is 1.73. The number of nitrogens with zero attached hydrogens (tertiary/aromatic N) is 3. The van der Waals surface area contributed by atoms with Gasteiger partial charge in [0.2, 0.25) is 5.91 Å². The third-order valence-electron chi connectivity index (χ3n) is 3.54. The Morgan fingerprint density at radius 2 is 1.84 bits per heavy atom. The Hall–Kier alpha value is -3.42. The van der Waals surface area contributed by atoms with Crippen LogP contribution in [0.5, 0.6) is 0 Å². The monoisotopic (exact) mass is 338 g/mol. The number of hydrogen-bond acceptors (Lipinski definition) is 4. The van der Waals surface area contributed by atoms with E-state index in [-0.39, 0.29) is 18.5 Å². The van der Waals surface area contributed by atoms with Gasteiger partial charge in [0.05, 0.1) is 12.6 Å². The largest absolute Gasteiger partial charge is 0.329 e. The molecule has 0 fully saturated rings. The summed E-state index contributed by atoms with van der Waals surface area (Å²) in [7, 11) is 0. The number of fused-ring (bicyclic) bond motifs is 1. The number of para-hydroxylation sites is 1. The van der Waals surface area contributed by atoms with E-state index in [1.165, 1.54) is 0 Å². The molecule has 0 aliphatic carbocycles. The van der Waals surface area contributed by atoms with Crippen LogP contribution in [-0.2, 0) is 4.79 Å². The molecule has 1 unspecified atom stereocenters. The van der Waals surface area contributed by atoms with Crippen molar-refractivity contribution in [3.05, 3.63) is 60.6 Å². The third kappa shape index (κ3) is 4.11. The van der Waals surface area contributed by atoms with Gasteiger partial charge in [-0.2, -0.15) is 0 Å². The average Bonchev–Trinajstić information content (AvgIpc) is 3.05. The fourth-order valence-corrected chi connectivity index (χ4v) is 2.35. The highest BCUT2D eigenvalue weighted by Crippen LogP contribution is 2.11. The summed E-state index contributed by atoms with van der Waals surface area (Å²) in [5.74, 6) is 0.307. The first-order valence-corrected chi connectivity index (χ1v) is 7.82. The van der Waals surface area contributed by atoms with Crippen LogP contribution in [0, 0.1) is 0 Å². The number of carbonyl (C=O) groups excluding carboxylic acids is 2. The number of anilines is 1. The molecule has 128 valence electrons. The van der Waals surface area contributed by atoms with Crippen LogP contribution in [0.3, 0.4) is 0 Å². The van der Waals surface area contributed by atoms with E-state index in [1.54, 1.807) is 23.5 Å². The summed E-state index contributed by atoms with van der Waals surface area (Å²) < 4.78 is 1.80. The van der Waals surface area contributed by atoms with E-state index < -0.39 is 6.03 Å². The van der Waals surface area contributed by atoms with Crippen molar-refractivity contribution < 1.29 is 9.59 Å². The number of pyridine rings is 1. The van der Waals surface area contributed by atoms with Gasteiger partial charge in [-0.1, -0.05) is 24.3 Å². The van der Waals surface area contributed by atoms with Crippen LogP contribution in [0.15, 0.2) is 54.7 Å². The Balaban J connectivity index is 1.51. The van der Waals surface area contributed by atoms with E-state index in [1.807, 2.05) is 42.6 Å². The lowest BCUT2D eigenvalue weighted by Crippen LogP contribution is -2.41. The molecule has 0 aliphatic rings. The summed E-state index contributed by atoms with van der Waals surface area (Å²) in [6.45, 7) is 1.67. The van der Waals surface area contributed by atoms with Crippen LogP contribution in [0.1, 0.15) is 18.8 Å². The third-order valence-corrected chi connectivity index (χ3v) is 3.54. The molecule has 0 bridgehead atoms. The van der Waals surface area contributed by atoms with Crippen molar-refractivity contribution in [2.45, 2.75) is 13.0 Å². The summed E-state index contributed by atoms with van der Waals surface area (Å²) in [5, 5.41) is 16.1. The summed E-state index contributed by atoms with van der Waals surface area (Å²) in [6, 6.07) is 13.8. The van der Waals surface area contributed by atoms with Crippen LogP contribution >= 0.6 is 0 Å². The Morgan fingerprint density at radius 3 is 2.64 bits per heavy atom. The molecule has 2 aromatic heterocycles. The topological polar surface area (TPSA) is 100 Å². The number of benzene rings is 1. The maximum absolute atomic E-state index is 12.0. The molecule has 0 spiro atoms. The maximum Gasteiger partial charge on any atom is 0.315 e. The van der Waals surface area contributed by atoms with E-state index >= 15 is 0 Å². The lowest BCUT2D eigenvalue weighted by Gasteiger charge is -2.13. The molecular weight excluding hydrogens is 320 g/mol. The van der Waals surface area contributed by atoms with Gasteiger partial charge in [0.15, 0.2) is 11.5 Å². The SMILES string of the molecule is CC(NC(=O)NCC(=O)Nc1ccccc1)c1nnc2ccccn12. The van der Waals surface area contributed by atoms with Gasteiger partial charge in [-0.05, 0) is 31.2 Å². The van der Waals surface area contributed by atoms with Crippen LogP contribution in [-0.4, -0.2) is 33.1 Å². The van der Waals surface area contributed by atoms with E-state index in [0.29, 0.717) is 17.2 Å². The fraction of sp³-hybridized carbons (Fsp3) is 0.176. The number of carbonyl (C=O) groups is 2. The van der Waals surface area contributed by atoms with Gasteiger partial charge in [-0.25, -0.2) is 4.79 Å². The minimum Gasteiger partial charge on any atom is -0.329 e. The van der Waals surface area contributed by atoms with Gasteiger partial charge >= 0.3 is 6.03 Å². The highest BCUT2D eigenvalue weighted by atomic mass is 16.2. The number of amides is 3. The Bertz CT molecular complexity index is 877. The van der Waals surface area contributed by atoms with Crippen LogP contribution in [0.4, 0.5) is 10.5 Å². The van der Waals surface area contributed by atoms with Crippen molar-refractivity contribution in [1.29, 1.82) is 0 Å². The minimum atomic E-state index is -0.455. The number of urea groups is 1. The first-order valence-electron chi connectivity index (χ1n) is 7.82. The maximum atomic E-state index is 12.0. The minimum absolute atomic E-state index is 0.131. The molecule has 3 aromatic rings. The van der Waals surface area contributed by atoms with Gasteiger partial charge in [0.1, 0.15) is 0 Å². The Morgan fingerprint density at radius 1 is 1.08 bits per heavy atom. The molecule has 3 N–H and O–H groups in total. The van der Waals surface area contributed by atoms with E-state index in [2.05, 4.69) is 26.1 Å². The fourth-order valence-electron chi connectivity index (χ4n) is 2.35. The second-order valence-electron chi connectivity index (χ2n) is 5.45. The molecule has 25 heavy (non-hydrogen) atoms. The van der Waals surface area contributed by atoms with Crippen LogP contribution in [0.25, 0.3) is 5.65 Å². The number of nitrogens with one attached hydrogen (secondary N) is 3. The van der Waals surface area contributed by atoms with Gasteiger partial charge in [0.25, 0.3) is 0 Å². The van der Waals surface area contributed by atoms with Gasteiger partial charge in [0, 0.05) is 11.9 Å². The molecular formula is C17H18N6O2. The quantitative estimate of drug-likeness (QED) is 0.659. The molecule has 3 amide bonds. The smallest absolute Gasteiger partial charge is 0.315 e. The second-order valence-corrected chi connectivity index (χ2v) is 5.45. The molecule has 2 heterocycles. The van der Waals surface area contributed by atoms with Crippen molar-refractivity contribution in [3.63, 3.8) is 0 Å². The van der Waals surface area contributed by atoms with Crippen molar-refractivity contribution in [1.82, 2.24) is 25.2 Å². The Kier molecular flexibility index (Phi) is 4.89. The van der Waals surface area contributed by atoms with E-state index in [0.717, 1.165) is 0 Å². The molecule has 1 atom stereocenters. The molecule has 8 heteroatoms. The second kappa shape index (κ2) is 7.43. The molecule has 8 nitrogen and oxygen atoms in total. The van der Waals surface area contributed by atoms with Crippen molar-refractivity contribution in [2.75, 3.05) is 11.9 Å². The molecule has 1 aromatic carbocycles. The van der Waals surface area contributed by atoms with E-state index in [4.69, 9.17) is 0 Å². The molecule has 3 rings (SSSR count). The van der Waals surface area contributed by atoms with Crippen molar-refractivity contribution in [2.24, 2.45) is 0 Å². The number of aromatic nitrogens is 3. The molecule has 0 radical (unpaired) electrons. The van der Waals surface area contributed by atoms with Crippen LogP contribution < -0.4 is 16.0 Å². The van der Waals surface area contributed by atoms with Crippen molar-refractivity contribution >= 4 is 23.3 Å². The van der Waals surface area contributed by atoms with Gasteiger partial charge in [-0.15, -0.1) is 10.2 Å². The lowest BCUT2D eigenvalue weighted by molar-refractivity contribution is -0.115. The summed E-state index contributed by atoms with van der Waals surface area (Å²) in [6.07, 6.45) is 1.83. The molecule has 0 aliphatic heterocycles. The van der Waals surface area contributed by atoms with Crippen molar-refractivity contribution in [3.8, 4) is 0 Å². The zero-order chi connectivity index (χ0) is 17.6. The van der Waals surface area contributed by atoms with Gasteiger partial charge < -0.3 is 16.0 Å². The first-order chi connectivity index (χ1) is 12.1. The zero-order valence-electron chi connectivity index (χ0n) is 13.6. The average molecular weight is 338 g/mol. The summed E-state index contributed by atoms with van der Waals surface area (Å²) in [5.41, 5.74) is 1.38. The number of rotatable bonds is 5. The standard InChI is InChI=1S/C17H18N6O2/c1-12(16-22-21-14-9-5-6-10-23(14)16)19-17(25)18-11-15(24)20-13-7-3-2-4-8-13/h2-10,12H,11H2,1H3,(H,20,24)(H2,18,19,25). The predicted molar refractivity (Wildman–Crippen MR) is 93.0 cm³/mol. The highest BCUT2D eigenvalue weighted by Gasteiger charge is 2.15. The normalized spacial score (nSPS) is 11.7. The van der Waals surface area contributed by atoms with Gasteiger partial charge in [-0.3, -0.25) is 9.20 Å².